The number of rotatable bonds is 7. The van der Waals surface area contributed by atoms with Crippen LogP contribution in [0.3, 0.4) is 0 Å². The van der Waals surface area contributed by atoms with Gasteiger partial charge < -0.3 is 19.9 Å². The highest BCUT2D eigenvalue weighted by molar-refractivity contribution is 5.85. The molecule has 0 spiro atoms. The van der Waals surface area contributed by atoms with Gasteiger partial charge in [0.25, 0.3) is 5.91 Å². The van der Waals surface area contributed by atoms with Crippen molar-refractivity contribution in [1.29, 1.82) is 0 Å². The van der Waals surface area contributed by atoms with Crippen molar-refractivity contribution in [1.82, 2.24) is 5.32 Å². The normalized spacial score (nSPS) is 11.3. The fourth-order valence-electron chi connectivity index (χ4n) is 1.69. The van der Waals surface area contributed by atoms with E-state index in [2.05, 4.69) is 10.1 Å². The van der Waals surface area contributed by atoms with Crippen LogP contribution < -0.4 is 10.1 Å². The molecule has 0 radical (unpaired) electrons. The van der Waals surface area contributed by atoms with Crippen LogP contribution in [0.4, 0.5) is 0 Å². The van der Waals surface area contributed by atoms with Gasteiger partial charge in [0.15, 0.2) is 6.61 Å². The molecule has 0 aliphatic carbocycles. The molecular formula is C14H17NO6. The summed E-state index contributed by atoms with van der Waals surface area (Å²) in [5, 5.41) is 11.5. The minimum absolute atomic E-state index is 0.0607. The first-order valence-electron chi connectivity index (χ1n) is 6.21. The Morgan fingerprint density at radius 3 is 2.52 bits per heavy atom. The summed E-state index contributed by atoms with van der Waals surface area (Å²) >= 11 is 0. The SMILES string of the molecule is COc1ccccc1C[C@H](NC(=O)COC(C)=O)C(=O)O. The third-order valence-electron chi connectivity index (χ3n) is 2.66. The van der Waals surface area contributed by atoms with E-state index < -0.39 is 30.5 Å². The van der Waals surface area contributed by atoms with Gasteiger partial charge in [0.1, 0.15) is 11.8 Å². The second-order valence-electron chi connectivity index (χ2n) is 4.25. The molecule has 0 saturated heterocycles. The maximum Gasteiger partial charge on any atom is 0.326 e. The average molecular weight is 295 g/mol. The first-order valence-corrected chi connectivity index (χ1v) is 6.21. The molecule has 7 heteroatoms. The second kappa shape index (κ2) is 7.88. The van der Waals surface area contributed by atoms with Gasteiger partial charge in [-0.05, 0) is 11.6 Å². The molecular weight excluding hydrogens is 278 g/mol. The summed E-state index contributed by atoms with van der Waals surface area (Å²) in [7, 11) is 1.48. The van der Waals surface area contributed by atoms with Crippen LogP contribution in [0, 0.1) is 0 Å². The maximum absolute atomic E-state index is 11.5. The van der Waals surface area contributed by atoms with E-state index in [-0.39, 0.29) is 6.42 Å². The van der Waals surface area contributed by atoms with Crippen molar-refractivity contribution in [2.24, 2.45) is 0 Å². The van der Waals surface area contributed by atoms with Crippen molar-refractivity contribution in [3.05, 3.63) is 29.8 Å². The molecule has 0 aliphatic rings. The van der Waals surface area contributed by atoms with Crippen LogP contribution in [0.2, 0.25) is 0 Å². The molecule has 21 heavy (non-hydrogen) atoms. The highest BCUT2D eigenvalue weighted by Crippen LogP contribution is 2.19. The summed E-state index contributed by atoms with van der Waals surface area (Å²) in [6.45, 7) is 0.655. The monoisotopic (exact) mass is 295 g/mol. The number of nitrogens with one attached hydrogen (secondary N) is 1. The van der Waals surface area contributed by atoms with Gasteiger partial charge in [-0.25, -0.2) is 4.79 Å². The topological polar surface area (TPSA) is 102 Å². The van der Waals surface area contributed by atoms with Crippen molar-refractivity contribution in [3.8, 4) is 5.75 Å². The van der Waals surface area contributed by atoms with E-state index in [1.165, 1.54) is 7.11 Å². The highest BCUT2D eigenvalue weighted by Gasteiger charge is 2.22. The molecule has 0 unspecified atom stereocenters. The lowest BCUT2D eigenvalue weighted by atomic mass is 10.0. The van der Waals surface area contributed by atoms with E-state index in [9.17, 15) is 14.4 Å². The number of aliphatic carboxylic acids is 1. The Labute approximate surface area is 121 Å². The largest absolute Gasteiger partial charge is 0.496 e. The van der Waals surface area contributed by atoms with Crippen LogP contribution >= 0.6 is 0 Å². The summed E-state index contributed by atoms with van der Waals surface area (Å²) in [4.78, 5) is 33.3. The Hall–Kier alpha value is -2.57. The van der Waals surface area contributed by atoms with Gasteiger partial charge in [-0.1, -0.05) is 18.2 Å². The number of esters is 1. The van der Waals surface area contributed by atoms with Crippen molar-refractivity contribution in [2.75, 3.05) is 13.7 Å². The molecule has 0 aromatic heterocycles. The van der Waals surface area contributed by atoms with Crippen molar-refractivity contribution in [2.45, 2.75) is 19.4 Å². The smallest absolute Gasteiger partial charge is 0.326 e. The Morgan fingerprint density at radius 1 is 1.29 bits per heavy atom. The Morgan fingerprint density at radius 2 is 1.95 bits per heavy atom. The van der Waals surface area contributed by atoms with E-state index >= 15 is 0 Å². The molecule has 7 nitrogen and oxygen atoms in total. The number of hydrogen-bond donors (Lipinski definition) is 2. The maximum atomic E-state index is 11.5. The molecule has 1 amide bonds. The Balaban J connectivity index is 2.72. The number of benzene rings is 1. The van der Waals surface area contributed by atoms with Crippen molar-refractivity contribution >= 4 is 17.8 Å². The van der Waals surface area contributed by atoms with Crippen LogP contribution in [-0.4, -0.2) is 42.7 Å². The number of methoxy groups -OCH3 is 1. The van der Waals surface area contributed by atoms with E-state index in [0.29, 0.717) is 11.3 Å². The standard InChI is InChI=1S/C14H17NO6/c1-9(16)21-8-13(17)15-11(14(18)19)7-10-5-3-4-6-12(10)20-2/h3-6,11H,7-8H2,1-2H3,(H,15,17)(H,18,19)/t11-/m0/s1. The van der Waals surface area contributed by atoms with Crippen LogP contribution in [0.5, 0.6) is 5.75 Å². The second-order valence-corrected chi connectivity index (χ2v) is 4.25. The predicted molar refractivity (Wildman–Crippen MR) is 72.9 cm³/mol. The minimum atomic E-state index is -1.18. The molecule has 2 N–H and O–H groups in total. The zero-order chi connectivity index (χ0) is 15.8. The minimum Gasteiger partial charge on any atom is -0.496 e. The van der Waals surface area contributed by atoms with E-state index in [1.54, 1.807) is 24.3 Å². The zero-order valence-electron chi connectivity index (χ0n) is 11.8. The molecule has 0 aliphatic heterocycles. The van der Waals surface area contributed by atoms with E-state index in [0.717, 1.165) is 6.92 Å². The van der Waals surface area contributed by atoms with Crippen LogP contribution in [0.1, 0.15) is 12.5 Å². The third-order valence-corrected chi connectivity index (χ3v) is 2.66. The van der Waals surface area contributed by atoms with Gasteiger partial charge in [-0.3, -0.25) is 9.59 Å². The zero-order valence-corrected chi connectivity index (χ0v) is 11.8. The third kappa shape index (κ3) is 5.52. The molecule has 0 saturated carbocycles. The Bertz CT molecular complexity index is 528. The van der Waals surface area contributed by atoms with Crippen LogP contribution in [0.25, 0.3) is 0 Å². The van der Waals surface area contributed by atoms with Gasteiger partial charge >= 0.3 is 11.9 Å². The molecule has 0 fully saturated rings. The van der Waals surface area contributed by atoms with Gasteiger partial charge in [0, 0.05) is 13.3 Å². The summed E-state index contributed by atoms with van der Waals surface area (Å²) in [6.07, 6.45) is 0.0607. The lowest BCUT2D eigenvalue weighted by Crippen LogP contribution is -2.44. The molecule has 0 bridgehead atoms. The van der Waals surface area contributed by atoms with Crippen LogP contribution in [-0.2, 0) is 25.5 Å². The Kier molecular flexibility index (Phi) is 6.19. The van der Waals surface area contributed by atoms with Gasteiger partial charge in [0.2, 0.25) is 0 Å². The molecule has 114 valence electrons. The molecule has 0 heterocycles. The number of amides is 1. The van der Waals surface area contributed by atoms with Gasteiger partial charge in [-0.2, -0.15) is 0 Å². The van der Waals surface area contributed by atoms with Gasteiger partial charge in [-0.15, -0.1) is 0 Å². The first kappa shape index (κ1) is 16.5. The number of carbonyl (C=O) groups excluding carboxylic acids is 2. The lowest BCUT2D eigenvalue weighted by molar-refractivity contribution is -0.148. The summed E-state index contributed by atoms with van der Waals surface area (Å²) in [5.74, 6) is -1.93. The average Bonchev–Trinajstić information content (AvgIpc) is 2.44. The predicted octanol–water partition coefficient (Wildman–Crippen LogP) is 0.370. The number of carboxylic acids is 1. The van der Waals surface area contributed by atoms with Crippen LogP contribution in [0.15, 0.2) is 24.3 Å². The molecule has 1 aromatic rings. The van der Waals surface area contributed by atoms with E-state index in [4.69, 9.17) is 9.84 Å². The molecule has 1 aromatic carbocycles. The van der Waals surface area contributed by atoms with Crippen molar-refractivity contribution in [3.63, 3.8) is 0 Å². The fourth-order valence-corrected chi connectivity index (χ4v) is 1.69. The quantitative estimate of drug-likeness (QED) is 0.705. The number of ether oxygens (including phenoxy) is 2. The summed E-state index contributed by atoms with van der Waals surface area (Å²) in [5.41, 5.74) is 0.653. The summed E-state index contributed by atoms with van der Waals surface area (Å²) in [6, 6.07) is 5.79. The number of hydrogen-bond acceptors (Lipinski definition) is 5. The van der Waals surface area contributed by atoms with Gasteiger partial charge in [0.05, 0.1) is 7.11 Å². The lowest BCUT2D eigenvalue weighted by Gasteiger charge is -2.16. The van der Waals surface area contributed by atoms with Crippen molar-refractivity contribution < 1.29 is 29.0 Å². The fraction of sp³-hybridized carbons (Fsp3) is 0.357. The number of carboxylic acid groups (broad SMARTS) is 1. The molecule has 1 rings (SSSR count). The summed E-state index contributed by atoms with van der Waals surface area (Å²) < 4.78 is 9.65. The first-order chi connectivity index (χ1) is 9.93. The molecule has 1 atom stereocenters. The number of para-hydroxylation sites is 1. The van der Waals surface area contributed by atoms with E-state index in [1.807, 2.05) is 0 Å². The number of carbonyl (C=O) groups is 3. The highest BCUT2D eigenvalue weighted by atomic mass is 16.5.